The number of fused-ring (bicyclic) bond motifs is 1. The summed E-state index contributed by atoms with van der Waals surface area (Å²) >= 11 is 6.61. The van der Waals surface area contributed by atoms with Gasteiger partial charge in [0.15, 0.2) is 0 Å². The highest BCUT2D eigenvalue weighted by Crippen LogP contribution is 2.26. The van der Waals surface area contributed by atoms with Crippen LogP contribution >= 0.6 is 22.9 Å². The number of H-pyrrole nitrogens is 1. The van der Waals surface area contributed by atoms with Gasteiger partial charge in [-0.25, -0.2) is 31.7 Å². The fourth-order valence-corrected chi connectivity index (χ4v) is 6.78. The quantitative estimate of drug-likeness (QED) is 0.194. The van der Waals surface area contributed by atoms with Crippen LogP contribution < -0.4 is 26.6 Å². The van der Waals surface area contributed by atoms with Gasteiger partial charge in [0.1, 0.15) is 10.0 Å². The summed E-state index contributed by atoms with van der Waals surface area (Å²) in [6.45, 7) is 3.72. The van der Waals surface area contributed by atoms with Crippen molar-refractivity contribution >= 4 is 61.3 Å². The van der Waals surface area contributed by atoms with Crippen LogP contribution in [0, 0.1) is 19.7 Å². The first kappa shape index (κ1) is 29.0. The van der Waals surface area contributed by atoms with E-state index in [0.717, 1.165) is 21.5 Å². The molecule has 0 aliphatic heterocycles. The summed E-state index contributed by atoms with van der Waals surface area (Å²) in [5.41, 5.74) is 2.20. The van der Waals surface area contributed by atoms with Gasteiger partial charge < -0.3 is 15.6 Å². The van der Waals surface area contributed by atoms with Crippen molar-refractivity contribution in [2.24, 2.45) is 0 Å². The lowest BCUT2D eigenvalue weighted by molar-refractivity contribution is 0.256. The number of hydrogen-bond acceptors (Lipinski definition) is 7. The number of nitrogens with one attached hydrogen (secondary N) is 4. The minimum atomic E-state index is -4.13. The van der Waals surface area contributed by atoms with E-state index in [1.165, 1.54) is 36.4 Å². The van der Waals surface area contributed by atoms with Crippen molar-refractivity contribution in [3.8, 4) is 5.69 Å². The number of hydrogen-bond donors (Lipinski definition) is 4. The molecule has 14 heteroatoms. The highest BCUT2D eigenvalue weighted by atomic mass is 35.5. The van der Waals surface area contributed by atoms with Crippen LogP contribution in [0.25, 0.3) is 16.6 Å². The maximum atomic E-state index is 13.4. The van der Waals surface area contributed by atoms with Gasteiger partial charge in [0, 0.05) is 17.9 Å². The van der Waals surface area contributed by atoms with Gasteiger partial charge in [0.05, 0.1) is 20.9 Å². The number of halogens is 2. The molecule has 42 heavy (non-hydrogen) atoms. The number of rotatable bonds is 7. The molecule has 0 saturated carbocycles. The van der Waals surface area contributed by atoms with Crippen molar-refractivity contribution in [1.29, 1.82) is 0 Å². The van der Waals surface area contributed by atoms with E-state index in [0.29, 0.717) is 34.6 Å². The fourth-order valence-electron chi connectivity index (χ4n) is 4.39. The molecular weight excluding hydrogens is 605 g/mol. The number of carbonyl (C=O) groups excluding carboxylic acids is 1. The number of carbonyl (C=O) groups is 1. The Labute approximate surface area is 247 Å². The molecular formula is C28H23ClFN5O5S2. The molecule has 0 unspecified atom stereocenters. The molecule has 0 spiro atoms. The van der Waals surface area contributed by atoms with E-state index in [1.807, 2.05) is 4.72 Å². The summed E-state index contributed by atoms with van der Waals surface area (Å²) in [4.78, 5) is 41.7. The van der Waals surface area contributed by atoms with Gasteiger partial charge in [-0.3, -0.25) is 4.79 Å². The van der Waals surface area contributed by atoms with Crippen LogP contribution in [-0.4, -0.2) is 24.0 Å². The Morgan fingerprint density at radius 2 is 1.69 bits per heavy atom. The first-order valence-corrected chi connectivity index (χ1v) is 15.1. The normalized spacial score (nSPS) is 11.4. The second-order valence-corrected chi connectivity index (χ2v) is 13.0. The molecule has 0 aliphatic carbocycles. The van der Waals surface area contributed by atoms with Crippen molar-refractivity contribution in [2.45, 2.75) is 24.6 Å². The van der Waals surface area contributed by atoms with Crippen molar-refractivity contribution in [3.05, 3.63) is 114 Å². The molecule has 5 aromatic rings. The number of sulfonamides is 1. The summed E-state index contributed by atoms with van der Waals surface area (Å²) in [6, 6.07) is 15.8. The van der Waals surface area contributed by atoms with Gasteiger partial charge in [0.2, 0.25) is 0 Å². The number of aromatic nitrogens is 2. The van der Waals surface area contributed by atoms with Crippen LogP contribution in [0.3, 0.4) is 0 Å². The van der Waals surface area contributed by atoms with Crippen LogP contribution in [0.2, 0.25) is 4.34 Å². The highest BCUT2D eigenvalue weighted by molar-refractivity contribution is 7.92. The largest absolute Gasteiger partial charge is 0.381 e. The van der Waals surface area contributed by atoms with E-state index in [4.69, 9.17) is 11.6 Å². The summed E-state index contributed by atoms with van der Waals surface area (Å²) in [5, 5.41) is 5.98. The number of benzene rings is 3. The van der Waals surface area contributed by atoms with Crippen LogP contribution in [-0.2, 0) is 16.6 Å². The molecule has 5 rings (SSSR count). The van der Waals surface area contributed by atoms with Gasteiger partial charge in [-0.05, 0) is 85.1 Å². The number of anilines is 2. The van der Waals surface area contributed by atoms with Gasteiger partial charge in [-0.1, -0.05) is 23.7 Å². The first-order valence-electron chi connectivity index (χ1n) is 12.4. The standard InChI is InChI=1S/C28H23ClFN5O5S2/c1-15-11-20(12-16(2)25(15)33-27(37)34-42(39,40)24-10-9-23(29)41-24)35-26(36)21-8-7-19(13-22(21)32-28(35)38)31-14-17-3-5-18(30)6-4-17/h3-13,31H,14H2,1-2H3,(H,32,38)(H2,33,34,37). The van der Waals surface area contributed by atoms with Crippen molar-refractivity contribution in [3.63, 3.8) is 0 Å². The van der Waals surface area contributed by atoms with Crippen molar-refractivity contribution < 1.29 is 17.6 Å². The molecule has 10 nitrogen and oxygen atoms in total. The number of nitrogens with zero attached hydrogens (tertiary/aromatic N) is 1. The van der Waals surface area contributed by atoms with Crippen LogP contribution in [0.5, 0.6) is 0 Å². The van der Waals surface area contributed by atoms with Crippen molar-refractivity contribution in [2.75, 3.05) is 10.6 Å². The van der Waals surface area contributed by atoms with Gasteiger partial charge in [0.25, 0.3) is 15.6 Å². The predicted octanol–water partition coefficient (Wildman–Crippen LogP) is 5.27. The molecule has 0 fully saturated rings. The summed E-state index contributed by atoms with van der Waals surface area (Å²) in [5.74, 6) is -0.327. The number of urea groups is 1. The summed E-state index contributed by atoms with van der Waals surface area (Å²) in [7, 11) is -4.13. The monoisotopic (exact) mass is 627 g/mol. The average Bonchev–Trinajstić information content (AvgIpc) is 3.37. The number of thiophene rings is 1. The number of amides is 2. The van der Waals surface area contributed by atoms with E-state index in [2.05, 4.69) is 15.6 Å². The molecule has 3 aromatic carbocycles. The molecule has 2 amide bonds. The molecule has 0 atom stereocenters. The Hall–Kier alpha value is -4.46. The molecule has 0 radical (unpaired) electrons. The second-order valence-electron chi connectivity index (χ2n) is 9.38. The third-order valence-corrected chi connectivity index (χ3v) is 9.42. The molecule has 2 aromatic heterocycles. The summed E-state index contributed by atoms with van der Waals surface area (Å²) < 4.78 is 41.1. The average molecular weight is 628 g/mol. The molecule has 4 N–H and O–H groups in total. The number of aryl methyl sites for hydroxylation is 2. The van der Waals surface area contributed by atoms with Crippen LogP contribution in [0.15, 0.2) is 80.5 Å². The lowest BCUT2D eigenvalue weighted by Gasteiger charge is -2.15. The zero-order chi connectivity index (χ0) is 30.2. The van der Waals surface area contributed by atoms with Crippen molar-refractivity contribution in [1.82, 2.24) is 14.3 Å². The Morgan fingerprint density at radius 1 is 1.00 bits per heavy atom. The second kappa shape index (κ2) is 11.4. The van der Waals surface area contributed by atoms with E-state index in [-0.39, 0.29) is 25.4 Å². The van der Waals surface area contributed by atoms with E-state index < -0.39 is 27.3 Å². The maximum absolute atomic E-state index is 13.4. The predicted molar refractivity (Wildman–Crippen MR) is 162 cm³/mol. The molecule has 2 heterocycles. The molecule has 0 saturated heterocycles. The third-order valence-electron chi connectivity index (χ3n) is 6.36. The zero-order valence-corrected chi connectivity index (χ0v) is 24.5. The lowest BCUT2D eigenvalue weighted by atomic mass is 10.1. The van der Waals surface area contributed by atoms with E-state index in [9.17, 15) is 27.2 Å². The Kier molecular flexibility index (Phi) is 7.91. The highest BCUT2D eigenvalue weighted by Gasteiger charge is 2.21. The Balaban J connectivity index is 1.39. The van der Waals surface area contributed by atoms with Crippen LogP contribution in [0.4, 0.5) is 20.6 Å². The minimum absolute atomic E-state index is 0.114. The Morgan fingerprint density at radius 3 is 2.33 bits per heavy atom. The molecule has 216 valence electrons. The third kappa shape index (κ3) is 6.08. The SMILES string of the molecule is Cc1cc(-n2c(=O)[nH]c3cc(NCc4ccc(F)cc4)ccc3c2=O)cc(C)c1NC(=O)NS(=O)(=O)c1ccc(Cl)s1. The minimum Gasteiger partial charge on any atom is -0.381 e. The van der Waals surface area contributed by atoms with Gasteiger partial charge >= 0.3 is 11.7 Å². The van der Waals surface area contributed by atoms with Gasteiger partial charge in [-0.2, -0.15) is 0 Å². The fraction of sp³-hybridized carbons (Fsp3) is 0.107. The van der Waals surface area contributed by atoms with Crippen LogP contribution in [0.1, 0.15) is 16.7 Å². The zero-order valence-electron chi connectivity index (χ0n) is 22.1. The van der Waals surface area contributed by atoms with E-state index >= 15 is 0 Å². The number of aromatic amines is 1. The molecule has 0 bridgehead atoms. The van der Waals surface area contributed by atoms with Gasteiger partial charge in [-0.15, -0.1) is 11.3 Å². The molecule has 0 aliphatic rings. The van der Waals surface area contributed by atoms with E-state index in [1.54, 1.807) is 44.2 Å². The topological polar surface area (TPSA) is 142 Å². The Bertz CT molecular complexity index is 2050. The first-order chi connectivity index (χ1) is 19.9. The maximum Gasteiger partial charge on any atom is 0.333 e. The smallest absolute Gasteiger partial charge is 0.333 e. The lowest BCUT2D eigenvalue weighted by Crippen LogP contribution is -2.35. The summed E-state index contributed by atoms with van der Waals surface area (Å²) in [6.07, 6.45) is 0.